The summed E-state index contributed by atoms with van der Waals surface area (Å²) in [6.45, 7) is 3.54. The zero-order valence-corrected chi connectivity index (χ0v) is 10.3. The van der Waals surface area contributed by atoms with E-state index in [2.05, 4.69) is 0 Å². The number of hydrogen-bond donors (Lipinski definition) is 1. The summed E-state index contributed by atoms with van der Waals surface area (Å²) in [5.41, 5.74) is 1.80. The van der Waals surface area contributed by atoms with Crippen LogP contribution in [0.2, 0.25) is 0 Å². The van der Waals surface area contributed by atoms with Gasteiger partial charge in [-0.25, -0.2) is 0 Å². The highest BCUT2D eigenvalue weighted by molar-refractivity contribution is 5.95. The highest BCUT2D eigenvalue weighted by Gasteiger charge is 2.10. The van der Waals surface area contributed by atoms with E-state index >= 15 is 0 Å². The van der Waals surface area contributed by atoms with E-state index in [9.17, 15) is 9.59 Å². The van der Waals surface area contributed by atoms with Crippen molar-refractivity contribution in [3.05, 3.63) is 35.4 Å². The van der Waals surface area contributed by atoms with Crippen LogP contribution in [0.25, 0.3) is 0 Å². The molecule has 0 heterocycles. The Bertz CT molecular complexity index is 392. The molecule has 0 saturated heterocycles. The van der Waals surface area contributed by atoms with Crippen LogP contribution in [0.5, 0.6) is 0 Å². The molecule has 0 amide bonds. The Hall–Kier alpha value is -1.64. The minimum Gasteiger partial charge on any atom is -0.481 e. The fourth-order valence-electron chi connectivity index (χ4n) is 1.57. The van der Waals surface area contributed by atoms with Gasteiger partial charge in [0, 0.05) is 12.0 Å². The first-order chi connectivity index (χ1) is 8.04. The van der Waals surface area contributed by atoms with Gasteiger partial charge in [-0.15, -0.1) is 0 Å². The first-order valence-electron chi connectivity index (χ1n) is 5.89. The molecule has 0 fully saturated rings. The molecule has 1 aromatic rings. The molecule has 92 valence electrons. The van der Waals surface area contributed by atoms with Gasteiger partial charge in [0.25, 0.3) is 0 Å². The summed E-state index contributed by atoms with van der Waals surface area (Å²) >= 11 is 0. The zero-order chi connectivity index (χ0) is 12.8. The minimum absolute atomic E-state index is 0.135. The maximum absolute atomic E-state index is 11.4. The van der Waals surface area contributed by atoms with Gasteiger partial charge < -0.3 is 5.11 Å². The van der Waals surface area contributed by atoms with Crippen molar-refractivity contribution in [3.63, 3.8) is 0 Å². The molecule has 1 N–H and O–H groups in total. The smallest absolute Gasteiger partial charge is 0.306 e. The molecule has 17 heavy (non-hydrogen) atoms. The maximum atomic E-state index is 11.4. The molecular formula is C14H18O3. The largest absolute Gasteiger partial charge is 0.481 e. The normalized spacial score (nSPS) is 12.1. The second-order valence-corrected chi connectivity index (χ2v) is 4.25. The first-order valence-corrected chi connectivity index (χ1v) is 5.89. The predicted molar refractivity (Wildman–Crippen MR) is 66.2 cm³/mol. The summed E-state index contributed by atoms with van der Waals surface area (Å²) in [6.07, 6.45) is 1.86. The molecule has 0 aliphatic rings. The molecule has 1 unspecified atom stereocenters. The van der Waals surface area contributed by atoms with Gasteiger partial charge in [0.2, 0.25) is 0 Å². The molecule has 0 aliphatic heterocycles. The summed E-state index contributed by atoms with van der Waals surface area (Å²) in [5.74, 6) is -0.954. The lowest BCUT2D eigenvalue weighted by molar-refractivity contribution is -0.141. The van der Waals surface area contributed by atoms with Gasteiger partial charge in [-0.05, 0) is 18.4 Å². The number of carboxylic acid groups (broad SMARTS) is 1. The van der Waals surface area contributed by atoms with Crippen LogP contribution in [-0.2, 0) is 11.2 Å². The number of carbonyl (C=O) groups is 2. The van der Waals surface area contributed by atoms with E-state index in [-0.39, 0.29) is 11.7 Å². The third-order valence-electron chi connectivity index (χ3n) is 2.88. The van der Waals surface area contributed by atoms with Crippen molar-refractivity contribution in [1.29, 1.82) is 0 Å². The highest BCUT2D eigenvalue weighted by atomic mass is 16.4. The average molecular weight is 234 g/mol. The topological polar surface area (TPSA) is 54.4 Å². The highest BCUT2D eigenvalue weighted by Crippen LogP contribution is 2.12. The Morgan fingerprint density at radius 3 is 2.29 bits per heavy atom. The Labute approximate surface area is 101 Å². The molecule has 1 rings (SSSR count). The Balaban J connectivity index is 2.57. The summed E-state index contributed by atoms with van der Waals surface area (Å²) in [6, 6.07) is 7.42. The lowest BCUT2D eigenvalue weighted by Gasteiger charge is -2.06. The standard InChI is InChI=1S/C14H18O3/c1-3-13(15)12-8-6-11(7-9-12)5-4-10(2)14(16)17/h6-10H,3-5H2,1-2H3,(H,16,17). The number of aliphatic carboxylic acids is 1. The van der Waals surface area contributed by atoms with Gasteiger partial charge in [0.05, 0.1) is 5.92 Å². The van der Waals surface area contributed by atoms with Gasteiger partial charge >= 0.3 is 5.97 Å². The molecule has 0 radical (unpaired) electrons. The van der Waals surface area contributed by atoms with Gasteiger partial charge in [-0.3, -0.25) is 9.59 Å². The lowest BCUT2D eigenvalue weighted by Crippen LogP contribution is -2.10. The van der Waals surface area contributed by atoms with Crippen molar-refractivity contribution in [3.8, 4) is 0 Å². The zero-order valence-electron chi connectivity index (χ0n) is 10.3. The SMILES string of the molecule is CCC(=O)c1ccc(CCC(C)C(=O)O)cc1. The van der Waals surface area contributed by atoms with E-state index in [0.29, 0.717) is 12.8 Å². The van der Waals surface area contributed by atoms with Crippen molar-refractivity contribution < 1.29 is 14.7 Å². The number of carboxylic acids is 1. The number of aryl methyl sites for hydroxylation is 1. The number of carbonyl (C=O) groups excluding carboxylic acids is 1. The minimum atomic E-state index is -0.761. The van der Waals surface area contributed by atoms with Crippen LogP contribution in [0.1, 0.15) is 42.6 Å². The molecule has 3 heteroatoms. The van der Waals surface area contributed by atoms with Crippen molar-refractivity contribution in [1.82, 2.24) is 0 Å². The van der Waals surface area contributed by atoms with Crippen molar-refractivity contribution in [2.75, 3.05) is 0 Å². The fraction of sp³-hybridized carbons (Fsp3) is 0.429. The van der Waals surface area contributed by atoms with Crippen LogP contribution in [0.15, 0.2) is 24.3 Å². The quantitative estimate of drug-likeness (QED) is 0.770. The van der Waals surface area contributed by atoms with E-state index < -0.39 is 5.97 Å². The number of hydrogen-bond acceptors (Lipinski definition) is 2. The first kappa shape index (κ1) is 13.4. The lowest BCUT2D eigenvalue weighted by atomic mass is 9.99. The summed E-state index contributed by atoms with van der Waals surface area (Å²) in [7, 11) is 0. The summed E-state index contributed by atoms with van der Waals surface area (Å²) in [4.78, 5) is 22.1. The monoisotopic (exact) mass is 234 g/mol. The van der Waals surface area contributed by atoms with Crippen LogP contribution in [0, 0.1) is 5.92 Å². The second kappa shape index (κ2) is 6.18. The molecule has 1 aromatic carbocycles. The maximum Gasteiger partial charge on any atom is 0.306 e. The van der Waals surface area contributed by atoms with Crippen molar-refractivity contribution in [2.45, 2.75) is 33.1 Å². The second-order valence-electron chi connectivity index (χ2n) is 4.25. The van der Waals surface area contributed by atoms with E-state index in [1.54, 1.807) is 6.92 Å². The van der Waals surface area contributed by atoms with Crippen LogP contribution in [-0.4, -0.2) is 16.9 Å². The molecular weight excluding hydrogens is 216 g/mol. The third-order valence-corrected chi connectivity index (χ3v) is 2.88. The number of Topliss-reactive ketones (excluding diaryl/α,β-unsaturated/α-hetero) is 1. The average Bonchev–Trinajstić information content (AvgIpc) is 2.35. The molecule has 0 spiro atoms. The molecule has 0 saturated carbocycles. The summed E-state index contributed by atoms with van der Waals surface area (Å²) < 4.78 is 0. The fourth-order valence-corrected chi connectivity index (χ4v) is 1.57. The van der Waals surface area contributed by atoms with Crippen LogP contribution in [0.4, 0.5) is 0 Å². The van der Waals surface area contributed by atoms with Gasteiger partial charge in [-0.2, -0.15) is 0 Å². The number of benzene rings is 1. The van der Waals surface area contributed by atoms with Gasteiger partial charge in [-0.1, -0.05) is 38.1 Å². The molecule has 0 aromatic heterocycles. The van der Waals surface area contributed by atoms with Crippen molar-refractivity contribution >= 4 is 11.8 Å². The molecule has 1 atom stereocenters. The number of ketones is 1. The molecule has 3 nitrogen and oxygen atoms in total. The predicted octanol–water partition coefficient (Wildman–Crippen LogP) is 2.93. The van der Waals surface area contributed by atoms with Crippen LogP contribution in [0.3, 0.4) is 0 Å². The van der Waals surface area contributed by atoms with Gasteiger partial charge in [0.1, 0.15) is 0 Å². The van der Waals surface area contributed by atoms with E-state index in [4.69, 9.17) is 5.11 Å². The molecule has 0 bridgehead atoms. The van der Waals surface area contributed by atoms with Crippen LogP contribution >= 0.6 is 0 Å². The molecule has 0 aliphatic carbocycles. The van der Waals surface area contributed by atoms with E-state index in [1.807, 2.05) is 31.2 Å². The van der Waals surface area contributed by atoms with Crippen LogP contribution < -0.4 is 0 Å². The van der Waals surface area contributed by atoms with E-state index in [1.165, 1.54) is 0 Å². The summed E-state index contributed by atoms with van der Waals surface area (Å²) in [5, 5.41) is 8.76. The Kier molecular flexibility index (Phi) is 4.88. The van der Waals surface area contributed by atoms with E-state index in [0.717, 1.165) is 17.5 Å². The third kappa shape index (κ3) is 4.02. The van der Waals surface area contributed by atoms with Gasteiger partial charge in [0.15, 0.2) is 5.78 Å². The Morgan fingerprint density at radius 1 is 1.24 bits per heavy atom. The number of rotatable bonds is 6. The Morgan fingerprint density at radius 2 is 1.82 bits per heavy atom. The van der Waals surface area contributed by atoms with Crippen molar-refractivity contribution in [2.24, 2.45) is 5.92 Å².